The van der Waals surface area contributed by atoms with Crippen molar-refractivity contribution in [1.82, 2.24) is 10.6 Å². The Morgan fingerprint density at radius 2 is 1.59 bits per heavy atom. The Kier molecular flexibility index (Phi) is 9.73. The van der Waals surface area contributed by atoms with Crippen molar-refractivity contribution >= 4 is 21.6 Å². The van der Waals surface area contributed by atoms with Gasteiger partial charge >= 0.3 is 0 Å². The number of aryl methyl sites for hydroxylation is 1. The molecule has 0 spiro atoms. The predicted molar refractivity (Wildman–Crippen MR) is 140 cm³/mol. The Bertz CT molecular complexity index is 1300. The highest BCUT2D eigenvalue weighted by molar-refractivity contribution is 7.92. The molecule has 3 rings (SSSR count). The average Bonchev–Trinajstić information content (AvgIpc) is 2.82. The number of aliphatic hydroxyl groups is 1. The van der Waals surface area contributed by atoms with Crippen LogP contribution >= 0.6 is 0 Å². The first-order chi connectivity index (χ1) is 17.5. The number of rotatable bonds is 12. The smallest absolute Gasteiger partial charge is 0.251 e. The van der Waals surface area contributed by atoms with Crippen molar-refractivity contribution in [1.29, 1.82) is 0 Å². The summed E-state index contributed by atoms with van der Waals surface area (Å²) in [5, 5.41) is 16.8. The third-order valence-electron chi connectivity index (χ3n) is 5.69. The minimum absolute atomic E-state index is 0.0116. The molecular weight excluding hydrogens is 500 g/mol. The number of hydrogen-bond acceptors (Lipinski definition) is 5. The third kappa shape index (κ3) is 9.23. The van der Waals surface area contributed by atoms with Crippen molar-refractivity contribution in [3.63, 3.8) is 0 Å². The molecule has 3 aromatic carbocycles. The molecule has 10 heteroatoms. The van der Waals surface area contributed by atoms with Crippen LogP contribution in [0.2, 0.25) is 0 Å². The molecule has 0 aliphatic carbocycles. The molecule has 0 aromatic heterocycles. The monoisotopic (exact) mass is 531 g/mol. The van der Waals surface area contributed by atoms with Gasteiger partial charge in [-0.15, -0.1) is 0 Å². The number of sulfonamides is 1. The molecule has 4 N–H and O–H groups in total. The van der Waals surface area contributed by atoms with Gasteiger partial charge in [0.15, 0.2) is 0 Å². The summed E-state index contributed by atoms with van der Waals surface area (Å²) in [6.07, 6.45) is 0.835. The van der Waals surface area contributed by atoms with Crippen molar-refractivity contribution in [2.24, 2.45) is 0 Å². The molecule has 0 radical (unpaired) electrons. The van der Waals surface area contributed by atoms with Crippen molar-refractivity contribution in [2.75, 3.05) is 17.5 Å². The summed E-state index contributed by atoms with van der Waals surface area (Å²) in [5.41, 5.74) is 3.04. The zero-order valence-corrected chi connectivity index (χ0v) is 21.5. The highest BCUT2D eigenvalue weighted by atomic mass is 32.2. The quantitative estimate of drug-likeness (QED) is 0.287. The SMILES string of the molecule is CCc1cccc(CNCC(O)C(Cc2cc(F)cc(F)c2)NC(=O)c2ccc(NS(C)(=O)=O)cc2)c1. The fraction of sp³-hybridized carbons (Fsp3) is 0.296. The Morgan fingerprint density at radius 1 is 0.946 bits per heavy atom. The first kappa shape index (κ1) is 28.2. The molecule has 0 aliphatic heterocycles. The van der Waals surface area contributed by atoms with Crippen molar-refractivity contribution in [3.8, 4) is 0 Å². The van der Waals surface area contributed by atoms with Gasteiger partial charge in [-0.3, -0.25) is 9.52 Å². The molecule has 0 bridgehead atoms. The van der Waals surface area contributed by atoms with Gasteiger partial charge < -0.3 is 15.7 Å². The van der Waals surface area contributed by atoms with Crippen LogP contribution in [0.25, 0.3) is 0 Å². The number of nitrogens with one attached hydrogen (secondary N) is 3. The molecule has 198 valence electrons. The molecule has 3 aromatic rings. The van der Waals surface area contributed by atoms with E-state index in [-0.39, 0.29) is 24.1 Å². The van der Waals surface area contributed by atoms with E-state index in [0.717, 1.165) is 36.4 Å². The van der Waals surface area contributed by atoms with Crippen molar-refractivity contribution in [2.45, 2.75) is 38.5 Å². The molecule has 7 nitrogen and oxygen atoms in total. The van der Waals surface area contributed by atoms with Crippen LogP contribution in [0.15, 0.2) is 66.7 Å². The molecule has 0 heterocycles. The second-order valence-corrected chi connectivity index (χ2v) is 10.6. The number of benzene rings is 3. The lowest BCUT2D eigenvalue weighted by molar-refractivity contribution is 0.0830. The lowest BCUT2D eigenvalue weighted by atomic mass is 10.00. The van der Waals surface area contributed by atoms with E-state index in [9.17, 15) is 27.1 Å². The van der Waals surface area contributed by atoms with Crippen LogP contribution in [0, 0.1) is 11.6 Å². The second-order valence-electron chi connectivity index (χ2n) is 8.89. The van der Waals surface area contributed by atoms with E-state index in [2.05, 4.69) is 28.3 Å². The van der Waals surface area contributed by atoms with Gasteiger partial charge in [0.25, 0.3) is 5.91 Å². The van der Waals surface area contributed by atoms with E-state index in [1.807, 2.05) is 18.2 Å². The molecule has 0 aliphatic rings. The zero-order valence-electron chi connectivity index (χ0n) is 20.7. The van der Waals surface area contributed by atoms with Crippen LogP contribution in [0.5, 0.6) is 0 Å². The summed E-state index contributed by atoms with van der Waals surface area (Å²) < 4.78 is 52.6. The summed E-state index contributed by atoms with van der Waals surface area (Å²) in [7, 11) is -3.47. The van der Waals surface area contributed by atoms with Crippen LogP contribution < -0.4 is 15.4 Å². The minimum Gasteiger partial charge on any atom is -0.390 e. The van der Waals surface area contributed by atoms with Crippen LogP contribution in [0.4, 0.5) is 14.5 Å². The van der Waals surface area contributed by atoms with Crippen LogP contribution in [0.3, 0.4) is 0 Å². The number of anilines is 1. The standard InChI is InChI=1S/C27H31F2N3O4S/c1-3-18-5-4-6-19(11-18)16-30-17-26(33)25(14-20-12-22(28)15-23(29)13-20)31-27(34)21-7-9-24(10-8-21)32-37(2,35)36/h4-13,15,25-26,30,32-33H,3,14,16-17H2,1-2H3,(H,31,34). The first-order valence-electron chi connectivity index (χ1n) is 11.8. The topological polar surface area (TPSA) is 108 Å². The van der Waals surface area contributed by atoms with E-state index in [4.69, 9.17) is 0 Å². The number of carbonyl (C=O) groups is 1. The maximum atomic E-state index is 13.8. The zero-order chi connectivity index (χ0) is 27.0. The lowest BCUT2D eigenvalue weighted by Crippen LogP contribution is -2.48. The molecule has 2 unspecified atom stereocenters. The van der Waals surface area contributed by atoms with E-state index >= 15 is 0 Å². The summed E-state index contributed by atoms with van der Waals surface area (Å²) in [6.45, 7) is 2.68. The summed E-state index contributed by atoms with van der Waals surface area (Å²) >= 11 is 0. The Labute approximate surface area is 216 Å². The van der Waals surface area contributed by atoms with Crippen LogP contribution in [0.1, 0.15) is 34.0 Å². The normalized spacial score (nSPS) is 13.1. The molecule has 0 saturated heterocycles. The van der Waals surface area contributed by atoms with Crippen molar-refractivity contribution < 1.29 is 27.1 Å². The fourth-order valence-corrected chi connectivity index (χ4v) is 4.45. The molecule has 0 fully saturated rings. The van der Waals surface area contributed by atoms with Crippen molar-refractivity contribution in [3.05, 3.63) is 101 Å². The largest absolute Gasteiger partial charge is 0.390 e. The van der Waals surface area contributed by atoms with Gasteiger partial charge in [0.1, 0.15) is 11.6 Å². The summed E-state index contributed by atoms with van der Waals surface area (Å²) in [4.78, 5) is 12.9. The number of amides is 1. The van der Waals surface area contributed by atoms with Gasteiger partial charge in [0, 0.05) is 30.4 Å². The van der Waals surface area contributed by atoms with Gasteiger partial charge in [-0.25, -0.2) is 17.2 Å². The molecule has 2 atom stereocenters. The molecule has 0 saturated carbocycles. The third-order valence-corrected chi connectivity index (χ3v) is 6.30. The van der Waals surface area contributed by atoms with Crippen LogP contribution in [-0.4, -0.2) is 44.4 Å². The molecular formula is C27H31F2N3O4S. The molecule has 1 amide bonds. The Hall–Kier alpha value is -3.34. The number of halogens is 2. The fourth-order valence-electron chi connectivity index (χ4n) is 3.89. The predicted octanol–water partition coefficient (Wildman–Crippen LogP) is 3.39. The van der Waals surface area contributed by atoms with E-state index in [0.29, 0.717) is 12.2 Å². The van der Waals surface area contributed by atoms with Gasteiger partial charge in [0.05, 0.1) is 18.4 Å². The second kappa shape index (κ2) is 12.8. The average molecular weight is 532 g/mol. The van der Waals surface area contributed by atoms with E-state index in [1.54, 1.807) is 0 Å². The Morgan fingerprint density at radius 3 is 2.22 bits per heavy atom. The Balaban J connectivity index is 1.71. The lowest BCUT2D eigenvalue weighted by Gasteiger charge is -2.25. The van der Waals surface area contributed by atoms with Gasteiger partial charge in [-0.05, 0) is 65.9 Å². The van der Waals surface area contributed by atoms with E-state index in [1.165, 1.54) is 29.8 Å². The highest BCUT2D eigenvalue weighted by Crippen LogP contribution is 2.15. The number of hydrogen-bond donors (Lipinski definition) is 4. The number of carbonyl (C=O) groups excluding carboxylic acids is 1. The van der Waals surface area contributed by atoms with Gasteiger partial charge in [-0.1, -0.05) is 31.2 Å². The molecule has 37 heavy (non-hydrogen) atoms. The minimum atomic E-state index is -3.47. The van der Waals surface area contributed by atoms with Crippen LogP contribution in [-0.2, 0) is 29.4 Å². The van der Waals surface area contributed by atoms with Gasteiger partial charge in [-0.2, -0.15) is 0 Å². The number of aliphatic hydroxyl groups excluding tert-OH is 1. The van der Waals surface area contributed by atoms with Gasteiger partial charge in [0.2, 0.25) is 10.0 Å². The maximum Gasteiger partial charge on any atom is 0.251 e. The highest BCUT2D eigenvalue weighted by Gasteiger charge is 2.23. The first-order valence-corrected chi connectivity index (χ1v) is 13.7. The summed E-state index contributed by atoms with van der Waals surface area (Å²) in [6, 6.07) is 16.0. The maximum absolute atomic E-state index is 13.8. The van der Waals surface area contributed by atoms with E-state index < -0.39 is 39.7 Å². The summed E-state index contributed by atoms with van der Waals surface area (Å²) in [5.74, 6) is -2.03.